The topological polar surface area (TPSA) is 43.6 Å². The molecule has 4 nitrogen and oxygen atoms in total. The Balaban J connectivity index is 0.000000847. The molecule has 0 radical (unpaired) electrons. The van der Waals surface area contributed by atoms with Gasteiger partial charge < -0.3 is 0 Å². The summed E-state index contributed by atoms with van der Waals surface area (Å²) in [7, 11) is 0. The molecule has 0 bridgehead atoms. The number of aromatic nitrogens is 4. The fourth-order valence-corrected chi connectivity index (χ4v) is 2.81. The van der Waals surface area contributed by atoms with E-state index in [1.807, 2.05) is 32.0 Å². The molecule has 3 rings (SSSR count). The predicted octanol–water partition coefficient (Wildman–Crippen LogP) is 3.53. The van der Waals surface area contributed by atoms with E-state index in [-0.39, 0.29) is 0 Å². The summed E-state index contributed by atoms with van der Waals surface area (Å²) >= 11 is 0.539. The maximum absolute atomic E-state index is 4.37. The molecule has 0 aliphatic heterocycles. The van der Waals surface area contributed by atoms with Crippen LogP contribution in [0.15, 0.2) is 48.5 Å². The van der Waals surface area contributed by atoms with E-state index in [1.165, 1.54) is 11.1 Å². The van der Waals surface area contributed by atoms with Gasteiger partial charge in [0, 0.05) is 0 Å². The standard InChI is InChI=1S/C15H13N4.C2H6.Tl/c1-2-11-7-9-12(10-8-11)13-5-3-4-6-14(13)15-16-18-19-17-15;1-2;/h3-10H,2H2,1H3;1-2H3;/q-1;;+1. The van der Waals surface area contributed by atoms with E-state index in [0.717, 1.165) is 17.5 Å². The third-order valence-electron chi connectivity index (χ3n) is 3.27. The average Bonchev–Trinajstić information content (AvgIpc) is 3.03. The molecule has 3 aromatic rings. The van der Waals surface area contributed by atoms with Gasteiger partial charge in [0.1, 0.15) is 0 Å². The molecule has 22 heavy (non-hydrogen) atoms. The van der Waals surface area contributed by atoms with E-state index in [4.69, 9.17) is 0 Å². The molecular weight excluding hydrogens is 465 g/mol. The number of hydrogen-bond donors (Lipinski definition) is 0. The van der Waals surface area contributed by atoms with Gasteiger partial charge in [0.25, 0.3) is 0 Å². The van der Waals surface area contributed by atoms with Crippen molar-refractivity contribution in [1.82, 2.24) is 18.0 Å². The predicted molar refractivity (Wildman–Crippen MR) is 90.6 cm³/mol. The molecule has 0 aliphatic carbocycles. The van der Waals surface area contributed by atoms with Crippen LogP contribution in [-0.2, 0) is 6.42 Å². The summed E-state index contributed by atoms with van der Waals surface area (Å²) in [5.41, 5.74) is 4.71. The van der Waals surface area contributed by atoms with Gasteiger partial charge in [-0.15, -0.1) is 0 Å². The zero-order chi connectivity index (χ0) is 15.9. The van der Waals surface area contributed by atoms with E-state index >= 15 is 0 Å². The molecule has 0 fully saturated rings. The van der Waals surface area contributed by atoms with Crippen molar-refractivity contribution < 1.29 is 0 Å². The van der Waals surface area contributed by atoms with Gasteiger partial charge in [-0.2, -0.15) is 0 Å². The quantitative estimate of drug-likeness (QED) is 0.536. The molecule has 0 unspecified atom stereocenters. The Labute approximate surface area is 147 Å². The van der Waals surface area contributed by atoms with Crippen LogP contribution in [0.25, 0.3) is 22.5 Å². The van der Waals surface area contributed by atoms with Crippen LogP contribution >= 0.6 is 0 Å². The van der Waals surface area contributed by atoms with Crippen LogP contribution in [0.4, 0.5) is 0 Å². The van der Waals surface area contributed by atoms with E-state index < -0.39 is 0 Å². The van der Waals surface area contributed by atoms with Gasteiger partial charge in [-0.1, -0.05) is 13.8 Å². The third kappa shape index (κ3) is 3.79. The molecule has 0 atom stereocenters. The Hall–Kier alpha value is -1.57. The van der Waals surface area contributed by atoms with Gasteiger partial charge in [-0.25, -0.2) is 0 Å². The molecule has 2 aromatic carbocycles. The first-order valence-corrected chi connectivity index (χ1v) is 9.52. The number of nitrogens with zero attached hydrogens (tertiary/aromatic N) is 4. The number of aryl methyl sites for hydroxylation is 1. The van der Waals surface area contributed by atoms with Crippen LogP contribution < -0.4 is 0 Å². The Bertz CT molecular complexity index is 720. The molecule has 0 amide bonds. The summed E-state index contributed by atoms with van der Waals surface area (Å²) < 4.78 is 1.65. The van der Waals surface area contributed by atoms with E-state index in [1.54, 1.807) is 2.61 Å². The first kappa shape index (κ1) is 16.8. The van der Waals surface area contributed by atoms with Crippen LogP contribution in [0.3, 0.4) is 0 Å². The Morgan fingerprint density at radius 2 is 1.59 bits per heavy atom. The molecule has 0 saturated heterocycles. The monoisotopic (exact) mass is 484 g/mol. The molecule has 0 saturated carbocycles. The molecule has 0 aliphatic rings. The second kappa shape index (κ2) is 8.17. The van der Waals surface area contributed by atoms with Gasteiger partial charge >= 0.3 is 134 Å². The first-order chi connectivity index (χ1) is 10.8. The minimum absolute atomic E-state index is 0.539. The zero-order valence-electron chi connectivity index (χ0n) is 13.2. The molecule has 5 heteroatoms. The van der Waals surface area contributed by atoms with Crippen molar-refractivity contribution in [2.24, 2.45) is 0 Å². The van der Waals surface area contributed by atoms with E-state index in [2.05, 4.69) is 52.7 Å². The van der Waals surface area contributed by atoms with Crippen LogP contribution in [0.2, 0.25) is 0 Å². The van der Waals surface area contributed by atoms with Crippen LogP contribution in [-0.4, -0.2) is 44.1 Å². The van der Waals surface area contributed by atoms with Crippen LogP contribution in [0, 0.1) is 0 Å². The van der Waals surface area contributed by atoms with E-state index in [0.29, 0.717) is 31.9 Å². The number of tetrazole rings is 1. The van der Waals surface area contributed by atoms with Crippen LogP contribution in [0.1, 0.15) is 26.3 Å². The molecular formula is C17H19N4Tl. The summed E-state index contributed by atoms with van der Waals surface area (Å²) in [5, 5.41) is 12.5. The summed E-state index contributed by atoms with van der Waals surface area (Å²) in [4.78, 5) is 0. The van der Waals surface area contributed by atoms with Crippen molar-refractivity contribution in [2.75, 3.05) is 0 Å². The molecule has 110 valence electrons. The van der Waals surface area contributed by atoms with Gasteiger partial charge in [0.05, 0.1) is 0 Å². The SMILES string of the molecule is CC.CCc1ccc(-c2ccccc2-c2nn[n]([Tl])n2)cc1. The van der Waals surface area contributed by atoms with Crippen molar-refractivity contribution in [2.45, 2.75) is 27.2 Å². The zero-order valence-corrected chi connectivity index (χ0v) is 17.7. The van der Waals surface area contributed by atoms with E-state index in [9.17, 15) is 0 Å². The summed E-state index contributed by atoms with van der Waals surface area (Å²) in [6, 6.07) is 16.9. The molecule has 0 spiro atoms. The summed E-state index contributed by atoms with van der Waals surface area (Å²) in [6.45, 7) is 6.16. The van der Waals surface area contributed by atoms with Crippen LogP contribution in [0.5, 0.6) is 0 Å². The maximum atomic E-state index is 4.37. The van der Waals surface area contributed by atoms with Crippen molar-refractivity contribution in [1.29, 1.82) is 0 Å². The summed E-state index contributed by atoms with van der Waals surface area (Å²) in [5.74, 6) is 0.697. The third-order valence-corrected chi connectivity index (χ3v) is 4.12. The minimum atomic E-state index is 0.539. The van der Waals surface area contributed by atoms with Gasteiger partial charge in [-0.05, 0) is 0 Å². The fraction of sp³-hybridized carbons (Fsp3) is 0.235. The van der Waals surface area contributed by atoms with Crippen molar-refractivity contribution in [3.63, 3.8) is 0 Å². The Morgan fingerprint density at radius 1 is 0.955 bits per heavy atom. The van der Waals surface area contributed by atoms with Crippen molar-refractivity contribution in [3.8, 4) is 22.5 Å². The molecule has 0 N–H and O–H groups in total. The Kier molecular flexibility index (Phi) is 6.24. The number of benzene rings is 2. The van der Waals surface area contributed by atoms with Gasteiger partial charge in [0.2, 0.25) is 0 Å². The molecule has 1 heterocycles. The second-order valence-electron chi connectivity index (χ2n) is 4.53. The van der Waals surface area contributed by atoms with Gasteiger partial charge in [0.15, 0.2) is 0 Å². The Morgan fingerprint density at radius 3 is 2.14 bits per heavy atom. The normalized spacial score (nSPS) is 9.91. The number of rotatable bonds is 3. The molecule has 1 aromatic heterocycles. The second-order valence-corrected chi connectivity index (χ2v) is 6.33. The number of hydrogen-bond acceptors (Lipinski definition) is 3. The van der Waals surface area contributed by atoms with Crippen molar-refractivity contribution >= 4 is 26.1 Å². The average molecular weight is 484 g/mol. The first-order valence-electron chi connectivity index (χ1n) is 7.51. The summed E-state index contributed by atoms with van der Waals surface area (Å²) in [6.07, 6.45) is 1.05. The fourth-order valence-electron chi connectivity index (χ4n) is 2.18. The van der Waals surface area contributed by atoms with Crippen molar-refractivity contribution in [3.05, 3.63) is 54.1 Å². The van der Waals surface area contributed by atoms with Gasteiger partial charge in [-0.3, -0.25) is 0 Å².